The Morgan fingerprint density at radius 2 is 1.79 bits per heavy atom. The van der Waals surface area contributed by atoms with E-state index in [1.165, 1.54) is 0 Å². The van der Waals surface area contributed by atoms with Crippen LogP contribution in [-0.2, 0) is 6.42 Å². The first-order valence-electron chi connectivity index (χ1n) is 8.68. The SMILES string of the molecule is O=C(NCCc1nc(-c2ccc(Cl)cc2)no1)c1cc2ccccc2cc1O. The number of halogens is 1. The standard InChI is InChI=1S/C21H16ClN3O3/c22-16-7-5-13(6-8-16)20-24-19(28-25-20)9-10-23-21(27)17-11-14-3-1-2-4-15(14)12-18(17)26/h1-8,11-12,26H,9-10H2,(H,23,27). The van der Waals surface area contributed by atoms with Gasteiger partial charge in [0.05, 0.1) is 5.56 Å². The predicted molar refractivity (Wildman–Crippen MR) is 106 cm³/mol. The maximum absolute atomic E-state index is 12.4. The molecule has 0 fully saturated rings. The molecule has 0 radical (unpaired) electrons. The average molecular weight is 394 g/mol. The number of nitrogens with zero attached hydrogens (tertiary/aromatic N) is 2. The number of carbonyl (C=O) groups is 1. The normalized spacial score (nSPS) is 10.9. The first kappa shape index (κ1) is 18.0. The lowest BCUT2D eigenvalue weighted by molar-refractivity contribution is 0.0951. The van der Waals surface area contributed by atoms with Crippen molar-refractivity contribution in [2.45, 2.75) is 6.42 Å². The van der Waals surface area contributed by atoms with Gasteiger partial charge in [-0.1, -0.05) is 41.0 Å². The Morgan fingerprint density at radius 3 is 2.54 bits per heavy atom. The number of carbonyl (C=O) groups excluding carboxylic acids is 1. The fourth-order valence-electron chi connectivity index (χ4n) is 2.86. The molecule has 0 aliphatic carbocycles. The molecule has 3 aromatic carbocycles. The van der Waals surface area contributed by atoms with Gasteiger partial charge < -0.3 is 14.9 Å². The van der Waals surface area contributed by atoms with Gasteiger partial charge in [0.15, 0.2) is 0 Å². The predicted octanol–water partition coefficient (Wildman–Crippen LogP) is 4.22. The molecule has 0 saturated carbocycles. The third-order valence-corrected chi connectivity index (χ3v) is 4.56. The fraction of sp³-hybridized carbons (Fsp3) is 0.0952. The minimum absolute atomic E-state index is 0.0565. The molecule has 28 heavy (non-hydrogen) atoms. The summed E-state index contributed by atoms with van der Waals surface area (Å²) in [6, 6.07) is 17.9. The lowest BCUT2D eigenvalue weighted by atomic mass is 10.1. The van der Waals surface area contributed by atoms with Crippen LogP contribution in [0.4, 0.5) is 0 Å². The monoisotopic (exact) mass is 393 g/mol. The Bertz CT molecular complexity index is 1140. The van der Waals surface area contributed by atoms with Crippen molar-refractivity contribution in [3.05, 3.63) is 77.1 Å². The van der Waals surface area contributed by atoms with E-state index >= 15 is 0 Å². The molecule has 140 valence electrons. The molecular formula is C21H16ClN3O3. The third kappa shape index (κ3) is 3.82. The molecule has 0 bridgehead atoms. The summed E-state index contributed by atoms with van der Waals surface area (Å²) in [6.07, 6.45) is 0.376. The summed E-state index contributed by atoms with van der Waals surface area (Å²) in [7, 11) is 0. The summed E-state index contributed by atoms with van der Waals surface area (Å²) in [4.78, 5) is 16.7. The van der Waals surface area contributed by atoms with Crippen molar-refractivity contribution in [1.29, 1.82) is 0 Å². The van der Waals surface area contributed by atoms with Crippen molar-refractivity contribution in [2.24, 2.45) is 0 Å². The highest BCUT2D eigenvalue weighted by molar-refractivity contribution is 6.30. The van der Waals surface area contributed by atoms with Crippen LogP contribution in [-0.4, -0.2) is 27.7 Å². The summed E-state index contributed by atoms with van der Waals surface area (Å²) in [6.45, 7) is 0.299. The molecule has 7 heteroatoms. The lowest BCUT2D eigenvalue weighted by Gasteiger charge is -2.07. The molecule has 6 nitrogen and oxygen atoms in total. The number of hydrogen-bond acceptors (Lipinski definition) is 5. The zero-order valence-electron chi connectivity index (χ0n) is 14.7. The number of hydrogen-bond donors (Lipinski definition) is 2. The number of benzene rings is 3. The van der Waals surface area contributed by atoms with Crippen LogP contribution in [0, 0.1) is 0 Å². The summed E-state index contributed by atoms with van der Waals surface area (Å²) in [5.74, 6) is 0.456. The van der Waals surface area contributed by atoms with Crippen molar-refractivity contribution in [1.82, 2.24) is 15.5 Å². The second-order valence-corrected chi connectivity index (χ2v) is 6.68. The first-order chi connectivity index (χ1) is 13.6. The lowest BCUT2D eigenvalue weighted by Crippen LogP contribution is -2.25. The quantitative estimate of drug-likeness (QED) is 0.530. The molecule has 0 unspecified atom stereocenters. The van der Waals surface area contributed by atoms with Crippen molar-refractivity contribution in [2.75, 3.05) is 6.54 Å². The van der Waals surface area contributed by atoms with Crippen LogP contribution in [0.25, 0.3) is 22.2 Å². The molecule has 0 spiro atoms. The van der Waals surface area contributed by atoms with E-state index in [9.17, 15) is 9.90 Å². The van der Waals surface area contributed by atoms with Gasteiger partial charge in [0.25, 0.3) is 5.91 Å². The molecule has 0 aliphatic heterocycles. The summed E-state index contributed by atoms with van der Waals surface area (Å²) < 4.78 is 5.22. The fourth-order valence-corrected chi connectivity index (χ4v) is 2.99. The molecule has 2 N–H and O–H groups in total. The van der Waals surface area contributed by atoms with Crippen molar-refractivity contribution in [3.8, 4) is 17.1 Å². The number of nitrogens with one attached hydrogen (secondary N) is 1. The van der Waals surface area contributed by atoms with Gasteiger partial charge in [0.1, 0.15) is 5.75 Å². The number of amides is 1. The summed E-state index contributed by atoms with van der Waals surface area (Å²) in [5.41, 5.74) is 1.02. The molecule has 1 amide bonds. The van der Waals surface area contributed by atoms with E-state index in [4.69, 9.17) is 16.1 Å². The van der Waals surface area contributed by atoms with E-state index in [2.05, 4.69) is 15.5 Å². The number of phenols is 1. The Hall–Kier alpha value is -3.38. The van der Waals surface area contributed by atoms with E-state index < -0.39 is 0 Å². The van der Waals surface area contributed by atoms with Crippen LogP contribution >= 0.6 is 11.6 Å². The average Bonchev–Trinajstić information content (AvgIpc) is 3.17. The number of aromatic hydroxyl groups is 1. The van der Waals surface area contributed by atoms with Crippen molar-refractivity contribution < 1.29 is 14.4 Å². The topological polar surface area (TPSA) is 88.3 Å². The Balaban J connectivity index is 1.39. The van der Waals surface area contributed by atoms with Crippen molar-refractivity contribution >= 4 is 28.3 Å². The summed E-state index contributed by atoms with van der Waals surface area (Å²) in [5, 5.41) is 19.2. The van der Waals surface area contributed by atoms with Gasteiger partial charge in [0.2, 0.25) is 11.7 Å². The van der Waals surface area contributed by atoms with Crippen LogP contribution in [0.15, 0.2) is 65.2 Å². The van der Waals surface area contributed by atoms with Gasteiger partial charge in [-0.3, -0.25) is 4.79 Å². The Kier molecular flexibility index (Phi) is 4.95. The second kappa shape index (κ2) is 7.70. The number of rotatable bonds is 5. The van der Waals surface area contributed by atoms with E-state index in [0.29, 0.717) is 29.7 Å². The molecule has 0 saturated heterocycles. The van der Waals surface area contributed by atoms with Crippen LogP contribution < -0.4 is 5.32 Å². The second-order valence-electron chi connectivity index (χ2n) is 6.24. The summed E-state index contributed by atoms with van der Waals surface area (Å²) >= 11 is 5.87. The maximum Gasteiger partial charge on any atom is 0.255 e. The molecular weight excluding hydrogens is 378 g/mol. The number of aromatic nitrogens is 2. The smallest absolute Gasteiger partial charge is 0.255 e. The van der Waals surface area contributed by atoms with Crippen LogP contribution in [0.2, 0.25) is 5.02 Å². The molecule has 1 heterocycles. The van der Waals surface area contributed by atoms with E-state index in [0.717, 1.165) is 16.3 Å². The number of fused-ring (bicyclic) bond motifs is 1. The van der Waals surface area contributed by atoms with Crippen LogP contribution in [0.5, 0.6) is 5.75 Å². The van der Waals surface area contributed by atoms with E-state index in [1.54, 1.807) is 36.4 Å². The Labute approximate surface area is 165 Å². The van der Waals surface area contributed by atoms with Crippen LogP contribution in [0.3, 0.4) is 0 Å². The van der Waals surface area contributed by atoms with Gasteiger partial charge in [-0.15, -0.1) is 0 Å². The van der Waals surface area contributed by atoms with E-state index in [-0.39, 0.29) is 17.2 Å². The highest BCUT2D eigenvalue weighted by atomic mass is 35.5. The first-order valence-corrected chi connectivity index (χ1v) is 9.06. The van der Waals surface area contributed by atoms with Crippen molar-refractivity contribution in [3.63, 3.8) is 0 Å². The zero-order chi connectivity index (χ0) is 19.5. The molecule has 4 aromatic rings. The van der Waals surface area contributed by atoms with E-state index in [1.807, 2.05) is 24.3 Å². The minimum Gasteiger partial charge on any atom is -0.507 e. The highest BCUT2D eigenvalue weighted by Gasteiger charge is 2.13. The van der Waals surface area contributed by atoms with Gasteiger partial charge in [-0.2, -0.15) is 4.98 Å². The largest absolute Gasteiger partial charge is 0.507 e. The highest BCUT2D eigenvalue weighted by Crippen LogP contribution is 2.25. The van der Waals surface area contributed by atoms with Gasteiger partial charge in [-0.05, 0) is 47.2 Å². The van der Waals surface area contributed by atoms with Gasteiger partial charge in [-0.25, -0.2) is 0 Å². The maximum atomic E-state index is 12.4. The zero-order valence-corrected chi connectivity index (χ0v) is 15.5. The molecule has 0 atom stereocenters. The number of phenolic OH excluding ortho intramolecular Hbond substituents is 1. The van der Waals surface area contributed by atoms with Gasteiger partial charge in [0, 0.05) is 23.6 Å². The third-order valence-electron chi connectivity index (χ3n) is 4.30. The molecule has 4 rings (SSSR count). The minimum atomic E-state index is -0.360. The van der Waals surface area contributed by atoms with Gasteiger partial charge >= 0.3 is 0 Å². The van der Waals surface area contributed by atoms with Crippen LogP contribution in [0.1, 0.15) is 16.2 Å². The molecule has 1 aromatic heterocycles. The Morgan fingerprint density at radius 1 is 1.07 bits per heavy atom. The molecule has 0 aliphatic rings.